The molecule has 3 saturated carbocycles. The summed E-state index contributed by atoms with van der Waals surface area (Å²) >= 11 is 0. The van der Waals surface area contributed by atoms with Crippen LogP contribution in [-0.4, -0.2) is 40.0 Å². The van der Waals surface area contributed by atoms with Gasteiger partial charge in [-0.25, -0.2) is 0 Å². The first-order valence-corrected chi connectivity index (χ1v) is 9.87. The van der Waals surface area contributed by atoms with Gasteiger partial charge in [-0.15, -0.1) is 0 Å². The van der Waals surface area contributed by atoms with Crippen LogP contribution in [0, 0.1) is 34.5 Å². The number of aliphatic hydroxyl groups is 2. The van der Waals surface area contributed by atoms with Gasteiger partial charge in [0, 0.05) is 12.3 Å². The second-order valence-electron chi connectivity index (χ2n) is 9.42. The van der Waals surface area contributed by atoms with E-state index in [0.29, 0.717) is 24.7 Å². The summed E-state index contributed by atoms with van der Waals surface area (Å²) in [5, 5.41) is 20.5. The molecule has 0 spiro atoms. The van der Waals surface area contributed by atoms with Crippen molar-refractivity contribution in [3.63, 3.8) is 0 Å². The van der Waals surface area contributed by atoms with E-state index in [1.54, 1.807) is 0 Å². The zero-order valence-corrected chi connectivity index (χ0v) is 15.8. The van der Waals surface area contributed by atoms with Gasteiger partial charge in [-0.05, 0) is 73.2 Å². The Kier molecular flexibility index (Phi) is 4.96. The molecular weight excluding hydrogens is 332 g/mol. The van der Waals surface area contributed by atoms with E-state index < -0.39 is 6.10 Å². The minimum absolute atomic E-state index is 0. The van der Waals surface area contributed by atoms with Gasteiger partial charge in [-0.3, -0.25) is 9.59 Å². The SMILES string of the molecule is CC12CCC(=O)C=C1CCC1C2C(O)CC2(C)C1CC[C@@H]2C(=O)CO.O. The van der Waals surface area contributed by atoms with Crippen LogP contribution in [0.15, 0.2) is 11.6 Å². The van der Waals surface area contributed by atoms with Crippen molar-refractivity contribution in [1.29, 1.82) is 0 Å². The lowest BCUT2D eigenvalue weighted by atomic mass is 9.46. The smallest absolute Gasteiger partial charge is 0.161 e. The Morgan fingerprint density at radius 1 is 1.23 bits per heavy atom. The normalized spacial score (nSPS) is 47.2. The van der Waals surface area contributed by atoms with Crippen molar-refractivity contribution in [2.75, 3.05) is 6.61 Å². The van der Waals surface area contributed by atoms with Crippen molar-refractivity contribution in [3.05, 3.63) is 11.6 Å². The maximum atomic E-state index is 12.3. The first kappa shape index (κ1) is 19.7. The molecule has 4 rings (SSSR count). The summed E-state index contributed by atoms with van der Waals surface area (Å²) < 4.78 is 0. The summed E-state index contributed by atoms with van der Waals surface area (Å²) in [6, 6.07) is 0. The van der Waals surface area contributed by atoms with Crippen LogP contribution < -0.4 is 0 Å². The highest BCUT2D eigenvalue weighted by Gasteiger charge is 2.62. The topological polar surface area (TPSA) is 106 Å². The molecule has 7 atom stereocenters. The van der Waals surface area contributed by atoms with Crippen LogP contribution in [0.3, 0.4) is 0 Å². The molecule has 0 bridgehead atoms. The molecule has 0 saturated heterocycles. The molecule has 0 amide bonds. The molecule has 0 aromatic rings. The van der Waals surface area contributed by atoms with Crippen LogP contribution in [0.5, 0.6) is 0 Å². The third kappa shape index (κ3) is 2.54. The van der Waals surface area contributed by atoms with Gasteiger partial charge < -0.3 is 15.7 Å². The first-order valence-electron chi connectivity index (χ1n) is 9.87. The summed E-state index contributed by atoms with van der Waals surface area (Å²) in [5.41, 5.74) is 0.979. The third-order valence-electron chi connectivity index (χ3n) is 8.44. The summed E-state index contributed by atoms with van der Waals surface area (Å²) in [5.74, 6) is 1.12. The quantitative estimate of drug-likeness (QED) is 0.780. The maximum absolute atomic E-state index is 12.3. The number of ketones is 2. The fraction of sp³-hybridized carbons (Fsp3) is 0.810. The van der Waals surface area contributed by atoms with Crippen molar-refractivity contribution in [1.82, 2.24) is 0 Å². The number of allylic oxidation sites excluding steroid dienone is 1. The van der Waals surface area contributed by atoms with Crippen LogP contribution in [-0.2, 0) is 9.59 Å². The molecule has 0 aliphatic heterocycles. The number of hydrogen-bond acceptors (Lipinski definition) is 4. The highest BCUT2D eigenvalue weighted by atomic mass is 16.3. The van der Waals surface area contributed by atoms with Gasteiger partial charge in [-0.1, -0.05) is 19.4 Å². The Hall–Kier alpha value is -1.04. The number of carbonyl (C=O) groups excluding carboxylic acids is 2. The Balaban J connectivity index is 0.00000196. The molecule has 4 N–H and O–H groups in total. The lowest BCUT2D eigenvalue weighted by Crippen LogP contribution is -2.57. The fourth-order valence-corrected chi connectivity index (χ4v) is 7.33. The summed E-state index contributed by atoms with van der Waals surface area (Å²) in [6.07, 6.45) is 7.32. The van der Waals surface area contributed by atoms with E-state index in [4.69, 9.17) is 0 Å². The fourth-order valence-electron chi connectivity index (χ4n) is 7.33. The average molecular weight is 364 g/mol. The molecule has 3 fully saturated rings. The van der Waals surface area contributed by atoms with E-state index in [1.165, 1.54) is 5.57 Å². The van der Waals surface area contributed by atoms with Crippen LogP contribution in [0.2, 0.25) is 0 Å². The van der Waals surface area contributed by atoms with Gasteiger partial charge in [0.2, 0.25) is 0 Å². The van der Waals surface area contributed by atoms with E-state index in [2.05, 4.69) is 13.8 Å². The number of hydrogen-bond donors (Lipinski definition) is 2. The molecule has 4 aliphatic carbocycles. The van der Waals surface area contributed by atoms with Gasteiger partial charge in [0.1, 0.15) is 6.61 Å². The molecule has 6 unspecified atom stereocenters. The van der Waals surface area contributed by atoms with Crippen LogP contribution >= 0.6 is 0 Å². The molecule has 0 heterocycles. The number of carbonyl (C=O) groups is 2. The molecule has 0 aromatic heterocycles. The zero-order valence-electron chi connectivity index (χ0n) is 15.8. The molecule has 26 heavy (non-hydrogen) atoms. The van der Waals surface area contributed by atoms with Crippen LogP contribution in [0.25, 0.3) is 0 Å². The van der Waals surface area contributed by atoms with E-state index in [0.717, 1.165) is 32.1 Å². The average Bonchev–Trinajstić information content (AvgIpc) is 2.91. The second kappa shape index (κ2) is 6.54. The van der Waals surface area contributed by atoms with Gasteiger partial charge in [0.15, 0.2) is 11.6 Å². The molecular formula is C21H32O5. The van der Waals surface area contributed by atoms with Crippen molar-refractivity contribution in [3.8, 4) is 0 Å². The Morgan fingerprint density at radius 2 is 1.96 bits per heavy atom. The highest BCUT2D eigenvalue weighted by Crippen LogP contribution is 2.66. The van der Waals surface area contributed by atoms with E-state index in [9.17, 15) is 19.8 Å². The minimum atomic E-state index is -0.430. The predicted octanol–water partition coefficient (Wildman–Crippen LogP) is 1.84. The highest BCUT2D eigenvalue weighted by molar-refractivity contribution is 5.91. The molecule has 5 heteroatoms. The lowest BCUT2D eigenvalue weighted by molar-refractivity contribution is -0.146. The van der Waals surface area contributed by atoms with Crippen molar-refractivity contribution in [2.24, 2.45) is 34.5 Å². The summed E-state index contributed by atoms with van der Waals surface area (Å²) in [4.78, 5) is 24.2. The van der Waals surface area contributed by atoms with E-state index in [-0.39, 0.29) is 46.3 Å². The van der Waals surface area contributed by atoms with Crippen molar-refractivity contribution >= 4 is 11.6 Å². The molecule has 0 aromatic carbocycles. The number of fused-ring (bicyclic) bond motifs is 5. The Bertz CT molecular complexity index is 640. The van der Waals surface area contributed by atoms with Gasteiger partial charge in [-0.2, -0.15) is 0 Å². The van der Waals surface area contributed by atoms with Crippen molar-refractivity contribution in [2.45, 2.75) is 64.9 Å². The maximum Gasteiger partial charge on any atom is 0.161 e. The standard InChI is InChI=1S/C21H30O4.H2O/c1-20-8-7-13(23)9-12(20)3-4-14-15-5-6-16(18(25)11-22)21(15,2)10-17(24)19(14)20;/h9,14-17,19,22,24H,3-8,10-11H2,1-2H3;1H2/t14?,15?,16-,17?,19?,20?,21?;/m1./s1. The largest absolute Gasteiger partial charge is 0.412 e. The van der Waals surface area contributed by atoms with Gasteiger partial charge >= 0.3 is 0 Å². The summed E-state index contributed by atoms with van der Waals surface area (Å²) in [7, 11) is 0. The molecule has 0 radical (unpaired) electrons. The zero-order chi connectivity index (χ0) is 18.0. The van der Waals surface area contributed by atoms with Crippen molar-refractivity contribution < 1.29 is 25.3 Å². The van der Waals surface area contributed by atoms with E-state index >= 15 is 0 Å². The van der Waals surface area contributed by atoms with Crippen LogP contribution in [0.4, 0.5) is 0 Å². The predicted molar refractivity (Wildman–Crippen MR) is 97.3 cm³/mol. The number of aliphatic hydroxyl groups excluding tert-OH is 2. The monoisotopic (exact) mass is 364 g/mol. The Labute approximate surface area is 155 Å². The Morgan fingerprint density at radius 3 is 2.65 bits per heavy atom. The number of rotatable bonds is 2. The third-order valence-corrected chi connectivity index (χ3v) is 8.44. The van der Waals surface area contributed by atoms with Gasteiger partial charge in [0.05, 0.1) is 6.10 Å². The molecule has 146 valence electrons. The minimum Gasteiger partial charge on any atom is -0.412 e. The number of Topliss-reactive ketones (excluding diaryl/α,β-unsaturated/α-hetero) is 1. The first-order chi connectivity index (χ1) is 11.8. The second-order valence-corrected chi connectivity index (χ2v) is 9.42. The summed E-state index contributed by atoms with van der Waals surface area (Å²) in [6.45, 7) is 4.03. The molecule has 4 aliphatic rings. The van der Waals surface area contributed by atoms with Crippen LogP contribution in [0.1, 0.15) is 58.8 Å². The molecule has 5 nitrogen and oxygen atoms in total. The lowest BCUT2D eigenvalue weighted by Gasteiger charge is -2.59. The van der Waals surface area contributed by atoms with Gasteiger partial charge in [0.25, 0.3) is 0 Å². The van der Waals surface area contributed by atoms with E-state index in [1.807, 2.05) is 6.08 Å².